The average Bonchev–Trinajstić information content (AvgIpc) is 3.04. The van der Waals surface area contributed by atoms with Crippen LogP contribution in [0.4, 0.5) is 0 Å². The third kappa shape index (κ3) is 3.38. The van der Waals surface area contributed by atoms with Gasteiger partial charge in [-0.1, -0.05) is 6.92 Å². The average molecular weight is 245 g/mol. The van der Waals surface area contributed by atoms with Crippen LogP contribution in [0.15, 0.2) is 45.4 Å². The second-order valence-electron chi connectivity index (χ2n) is 3.79. The number of rotatable bonds is 5. The summed E-state index contributed by atoms with van der Waals surface area (Å²) < 4.78 is 10.6. The minimum absolute atomic E-state index is 0.180. The second kappa shape index (κ2) is 5.91. The second-order valence-corrected chi connectivity index (χ2v) is 3.79. The summed E-state index contributed by atoms with van der Waals surface area (Å²) in [5.41, 5.74) is 0. The molecule has 0 aliphatic heterocycles. The van der Waals surface area contributed by atoms with Crippen molar-refractivity contribution in [3.63, 3.8) is 0 Å². The highest BCUT2D eigenvalue weighted by Crippen LogP contribution is 2.09. The van der Waals surface area contributed by atoms with Gasteiger partial charge < -0.3 is 14.2 Å². The Morgan fingerprint density at radius 2 is 2.22 bits per heavy atom. The molecule has 0 fully saturated rings. The zero-order valence-electron chi connectivity index (χ0n) is 10.2. The maximum Gasteiger partial charge on any atom is 0.244 e. The third-order valence-corrected chi connectivity index (χ3v) is 2.45. The van der Waals surface area contributed by atoms with Gasteiger partial charge in [0.1, 0.15) is 17.3 Å². The SMILES string of the molecule is CCc1ccc(C=CC(=O)NCc2ccco2)o1. The predicted octanol–water partition coefficient (Wildman–Crippen LogP) is 2.76. The van der Waals surface area contributed by atoms with Crippen LogP contribution in [0.1, 0.15) is 24.2 Å². The zero-order chi connectivity index (χ0) is 12.8. The molecule has 0 atom stereocenters. The van der Waals surface area contributed by atoms with E-state index in [0.29, 0.717) is 12.3 Å². The van der Waals surface area contributed by atoms with Crippen LogP contribution in [-0.4, -0.2) is 5.91 Å². The van der Waals surface area contributed by atoms with Gasteiger partial charge in [0, 0.05) is 12.5 Å². The number of aryl methyl sites for hydroxylation is 1. The zero-order valence-corrected chi connectivity index (χ0v) is 10.2. The van der Waals surface area contributed by atoms with Crippen molar-refractivity contribution in [3.8, 4) is 0 Å². The third-order valence-electron chi connectivity index (χ3n) is 2.45. The summed E-state index contributed by atoms with van der Waals surface area (Å²) in [4.78, 5) is 11.5. The van der Waals surface area contributed by atoms with E-state index in [-0.39, 0.29) is 5.91 Å². The predicted molar refractivity (Wildman–Crippen MR) is 67.7 cm³/mol. The fourth-order valence-electron chi connectivity index (χ4n) is 1.48. The van der Waals surface area contributed by atoms with E-state index in [4.69, 9.17) is 8.83 Å². The van der Waals surface area contributed by atoms with E-state index >= 15 is 0 Å². The lowest BCUT2D eigenvalue weighted by atomic mass is 10.3. The van der Waals surface area contributed by atoms with E-state index in [1.54, 1.807) is 18.4 Å². The van der Waals surface area contributed by atoms with Gasteiger partial charge in [-0.3, -0.25) is 4.79 Å². The molecule has 0 bridgehead atoms. The quantitative estimate of drug-likeness (QED) is 0.824. The first-order valence-electron chi connectivity index (χ1n) is 5.85. The minimum atomic E-state index is -0.180. The molecule has 18 heavy (non-hydrogen) atoms. The summed E-state index contributed by atoms with van der Waals surface area (Å²) in [7, 11) is 0. The Bertz CT molecular complexity index is 523. The van der Waals surface area contributed by atoms with Crippen molar-refractivity contribution in [1.82, 2.24) is 5.32 Å². The first kappa shape index (κ1) is 12.2. The van der Waals surface area contributed by atoms with Crippen LogP contribution in [0.2, 0.25) is 0 Å². The number of carbonyl (C=O) groups excluding carboxylic acids is 1. The molecule has 1 amide bonds. The van der Waals surface area contributed by atoms with Crippen molar-refractivity contribution in [3.05, 3.63) is 53.9 Å². The van der Waals surface area contributed by atoms with Gasteiger partial charge in [-0.25, -0.2) is 0 Å². The molecule has 0 radical (unpaired) electrons. The lowest BCUT2D eigenvalue weighted by Crippen LogP contribution is -2.19. The van der Waals surface area contributed by atoms with E-state index in [1.165, 1.54) is 6.08 Å². The summed E-state index contributed by atoms with van der Waals surface area (Å²) in [5, 5.41) is 2.71. The van der Waals surface area contributed by atoms with E-state index in [0.717, 1.165) is 17.9 Å². The highest BCUT2D eigenvalue weighted by atomic mass is 16.3. The number of carbonyl (C=O) groups is 1. The minimum Gasteiger partial charge on any atom is -0.467 e. The van der Waals surface area contributed by atoms with Gasteiger partial charge in [0.25, 0.3) is 0 Å². The molecule has 94 valence electrons. The van der Waals surface area contributed by atoms with Crippen molar-refractivity contribution in [2.24, 2.45) is 0 Å². The lowest BCUT2D eigenvalue weighted by Gasteiger charge is -1.97. The first-order chi connectivity index (χ1) is 8.78. The maximum absolute atomic E-state index is 11.5. The normalized spacial score (nSPS) is 10.9. The van der Waals surface area contributed by atoms with Crippen LogP contribution in [0.25, 0.3) is 6.08 Å². The number of furan rings is 2. The Hall–Kier alpha value is -2.23. The summed E-state index contributed by atoms with van der Waals surface area (Å²) in [6.07, 6.45) is 5.52. The summed E-state index contributed by atoms with van der Waals surface area (Å²) in [6.45, 7) is 2.40. The van der Waals surface area contributed by atoms with E-state index in [2.05, 4.69) is 5.32 Å². The molecule has 4 nitrogen and oxygen atoms in total. The summed E-state index contributed by atoms with van der Waals surface area (Å²) in [6, 6.07) is 7.34. The number of amides is 1. The van der Waals surface area contributed by atoms with E-state index in [9.17, 15) is 4.79 Å². The fourth-order valence-corrected chi connectivity index (χ4v) is 1.48. The Labute approximate surface area is 105 Å². The molecule has 2 rings (SSSR count). The van der Waals surface area contributed by atoms with E-state index in [1.807, 2.05) is 25.1 Å². The fraction of sp³-hybridized carbons (Fsp3) is 0.214. The molecule has 0 unspecified atom stereocenters. The Balaban J connectivity index is 1.83. The van der Waals surface area contributed by atoms with Crippen LogP contribution in [0.3, 0.4) is 0 Å². The molecule has 1 N–H and O–H groups in total. The molecule has 0 aliphatic rings. The van der Waals surface area contributed by atoms with Gasteiger partial charge in [-0.2, -0.15) is 0 Å². The molecule has 4 heteroatoms. The molecule has 2 aromatic heterocycles. The first-order valence-corrected chi connectivity index (χ1v) is 5.85. The van der Waals surface area contributed by atoms with Crippen LogP contribution in [-0.2, 0) is 17.8 Å². The van der Waals surface area contributed by atoms with Crippen molar-refractivity contribution in [1.29, 1.82) is 0 Å². The largest absolute Gasteiger partial charge is 0.467 e. The van der Waals surface area contributed by atoms with Gasteiger partial charge in [-0.05, 0) is 30.3 Å². The molecule has 0 saturated carbocycles. The summed E-state index contributed by atoms with van der Waals surface area (Å²) >= 11 is 0. The highest BCUT2D eigenvalue weighted by Gasteiger charge is 2.00. The molecule has 0 aromatic carbocycles. The van der Waals surface area contributed by atoms with Gasteiger partial charge in [-0.15, -0.1) is 0 Å². The van der Waals surface area contributed by atoms with Crippen molar-refractivity contribution < 1.29 is 13.6 Å². The molecular formula is C14H15NO3. The highest BCUT2D eigenvalue weighted by molar-refractivity contribution is 5.91. The standard InChI is InChI=1S/C14H15NO3/c1-2-11-5-6-12(18-11)7-8-14(16)15-10-13-4-3-9-17-13/h3-9H,2,10H2,1H3,(H,15,16). The van der Waals surface area contributed by atoms with E-state index < -0.39 is 0 Å². The van der Waals surface area contributed by atoms with Crippen LogP contribution < -0.4 is 5.32 Å². The van der Waals surface area contributed by atoms with Crippen molar-refractivity contribution in [2.45, 2.75) is 19.9 Å². The molecular weight excluding hydrogens is 230 g/mol. The van der Waals surface area contributed by atoms with Crippen LogP contribution >= 0.6 is 0 Å². The monoisotopic (exact) mass is 245 g/mol. The van der Waals surface area contributed by atoms with Crippen molar-refractivity contribution >= 4 is 12.0 Å². The van der Waals surface area contributed by atoms with Crippen LogP contribution in [0.5, 0.6) is 0 Å². The number of hydrogen-bond donors (Lipinski definition) is 1. The topological polar surface area (TPSA) is 55.4 Å². The van der Waals surface area contributed by atoms with Gasteiger partial charge in [0.05, 0.1) is 12.8 Å². The lowest BCUT2D eigenvalue weighted by molar-refractivity contribution is -0.116. The maximum atomic E-state index is 11.5. The van der Waals surface area contributed by atoms with Crippen LogP contribution in [0, 0.1) is 0 Å². The molecule has 0 spiro atoms. The smallest absolute Gasteiger partial charge is 0.244 e. The summed E-state index contributed by atoms with van der Waals surface area (Å²) in [5.74, 6) is 2.13. The van der Waals surface area contributed by atoms with Gasteiger partial charge >= 0.3 is 0 Å². The molecule has 2 heterocycles. The molecule has 0 aliphatic carbocycles. The van der Waals surface area contributed by atoms with Gasteiger partial charge in [0.15, 0.2) is 0 Å². The Morgan fingerprint density at radius 1 is 1.33 bits per heavy atom. The number of hydrogen-bond acceptors (Lipinski definition) is 3. The molecule has 0 saturated heterocycles. The number of nitrogens with one attached hydrogen (secondary N) is 1. The van der Waals surface area contributed by atoms with Gasteiger partial charge in [0.2, 0.25) is 5.91 Å². The van der Waals surface area contributed by atoms with Crippen molar-refractivity contribution in [2.75, 3.05) is 0 Å². The molecule has 2 aromatic rings. The Kier molecular flexibility index (Phi) is 4.02. The Morgan fingerprint density at radius 3 is 2.89 bits per heavy atom.